The predicted molar refractivity (Wildman–Crippen MR) is 68.4 cm³/mol. The Morgan fingerprint density at radius 1 is 0.842 bits per heavy atom. The molecule has 19 heavy (non-hydrogen) atoms. The normalized spacial score (nSPS) is 10.5. The molecule has 0 aromatic carbocycles. The van der Waals surface area contributed by atoms with E-state index < -0.39 is 0 Å². The SMILES string of the molecule is Oc1cnccc1-c1cnc(-c2ccncc2O)[nH]1. The Kier molecular flexibility index (Phi) is 2.60. The molecular weight excluding hydrogens is 244 g/mol. The summed E-state index contributed by atoms with van der Waals surface area (Å²) in [5.74, 6) is 0.616. The number of nitrogens with one attached hydrogen (secondary N) is 1. The molecule has 3 heterocycles. The molecule has 6 nitrogen and oxygen atoms in total. The summed E-state index contributed by atoms with van der Waals surface area (Å²) in [6, 6.07) is 3.34. The van der Waals surface area contributed by atoms with Gasteiger partial charge in [-0.3, -0.25) is 9.97 Å². The summed E-state index contributed by atoms with van der Waals surface area (Å²) < 4.78 is 0. The third-order valence-electron chi connectivity index (χ3n) is 2.72. The van der Waals surface area contributed by atoms with E-state index in [-0.39, 0.29) is 11.5 Å². The standard InChI is InChI=1S/C13H10N4O2/c18-11-6-14-3-1-8(11)10-5-16-13(17-10)9-2-4-15-7-12(9)19/h1-7,18-19H,(H,16,17). The van der Waals surface area contributed by atoms with Crippen molar-refractivity contribution in [1.82, 2.24) is 19.9 Å². The van der Waals surface area contributed by atoms with Gasteiger partial charge in [-0.15, -0.1) is 0 Å². The van der Waals surface area contributed by atoms with E-state index >= 15 is 0 Å². The van der Waals surface area contributed by atoms with Crippen molar-refractivity contribution in [2.45, 2.75) is 0 Å². The second kappa shape index (κ2) is 4.41. The van der Waals surface area contributed by atoms with E-state index in [1.807, 2.05) is 0 Å². The number of pyridine rings is 2. The van der Waals surface area contributed by atoms with Crippen LogP contribution >= 0.6 is 0 Å². The molecule has 0 aliphatic carbocycles. The van der Waals surface area contributed by atoms with Crippen molar-refractivity contribution in [2.24, 2.45) is 0 Å². The first-order valence-corrected chi connectivity index (χ1v) is 5.57. The van der Waals surface area contributed by atoms with Gasteiger partial charge in [0, 0.05) is 18.0 Å². The molecule has 3 N–H and O–H groups in total. The van der Waals surface area contributed by atoms with E-state index in [4.69, 9.17) is 0 Å². The number of imidazole rings is 1. The molecule has 3 aromatic rings. The third kappa shape index (κ3) is 1.99. The van der Waals surface area contributed by atoms with Crippen LogP contribution in [0.5, 0.6) is 11.5 Å². The summed E-state index contributed by atoms with van der Waals surface area (Å²) in [7, 11) is 0. The van der Waals surface area contributed by atoms with Crippen LogP contribution in [0.2, 0.25) is 0 Å². The van der Waals surface area contributed by atoms with Gasteiger partial charge in [-0.1, -0.05) is 0 Å². The molecule has 0 spiro atoms. The van der Waals surface area contributed by atoms with Crippen molar-refractivity contribution in [3.05, 3.63) is 43.1 Å². The van der Waals surface area contributed by atoms with E-state index in [0.29, 0.717) is 22.6 Å². The van der Waals surface area contributed by atoms with Gasteiger partial charge >= 0.3 is 0 Å². The van der Waals surface area contributed by atoms with Crippen LogP contribution in [0.15, 0.2) is 43.1 Å². The third-order valence-corrected chi connectivity index (χ3v) is 2.72. The average Bonchev–Trinajstić information content (AvgIpc) is 2.89. The van der Waals surface area contributed by atoms with E-state index in [1.54, 1.807) is 30.7 Å². The van der Waals surface area contributed by atoms with Gasteiger partial charge in [0.15, 0.2) is 0 Å². The van der Waals surface area contributed by atoms with Crippen LogP contribution in [-0.2, 0) is 0 Å². The highest BCUT2D eigenvalue weighted by Crippen LogP contribution is 2.30. The zero-order valence-corrected chi connectivity index (χ0v) is 9.78. The monoisotopic (exact) mass is 254 g/mol. The quantitative estimate of drug-likeness (QED) is 0.649. The van der Waals surface area contributed by atoms with Crippen LogP contribution in [0.4, 0.5) is 0 Å². The smallest absolute Gasteiger partial charge is 0.144 e. The summed E-state index contributed by atoms with van der Waals surface area (Å²) in [4.78, 5) is 14.9. The highest BCUT2D eigenvalue weighted by atomic mass is 16.3. The first-order chi connectivity index (χ1) is 9.25. The van der Waals surface area contributed by atoms with Crippen molar-refractivity contribution in [2.75, 3.05) is 0 Å². The molecule has 0 saturated carbocycles. The molecule has 0 unspecified atom stereocenters. The molecule has 0 saturated heterocycles. The zero-order valence-electron chi connectivity index (χ0n) is 9.78. The summed E-state index contributed by atoms with van der Waals surface area (Å²) in [5.41, 5.74) is 1.79. The zero-order chi connectivity index (χ0) is 13.2. The molecular formula is C13H10N4O2. The van der Waals surface area contributed by atoms with Crippen LogP contribution in [0.25, 0.3) is 22.6 Å². The minimum atomic E-state index is 0.0438. The Labute approximate surface area is 108 Å². The molecule has 94 valence electrons. The fourth-order valence-corrected chi connectivity index (χ4v) is 1.80. The first kappa shape index (κ1) is 11.2. The molecule has 0 atom stereocenters. The van der Waals surface area contributed by atoms with Crippen molar-refractivity contribution < 1.29 is 10.2 Å². The maximum Gasteiger partial charge on any atom is 0.144 e. The summed E-state index contributed by atoms with van der Waals surface area (Å²) in [6.07, 6.45) is 7.45. The second-order valence-corrected chi connectivity index (χ2v) is 3.93. The van der Waals surface area contributed by atoms with Crippen molar-refractivity contribution in [1.29, 1.82) is 0 Å². The molecule has 0 fully saturated rings. The lowest BCUT2D eigenvalue weighted by atomic mass is 10.2. The van der Waals surface area contributed by atoms with Gasteiger partial charge in [-0.05, 0) is 12.1 Å². The average molecular weight is 254 g/mol. The molecule has 0 amide bonds. The Hall–Kier alpha value is -2.89. The largest absolute Gasteiger partial charge is 0.506 e. The second-order valence-electron chi connectivity index (χ2n) is 3.93. The molecule has 0 aliphatic heterocycles. The first-order valence-electron chi connectivity index (χ1n) is 5.57. The van der Waals surface area contributed by atoms with Crippen LogP contribution in [0.3, 0.4) is 0 Å². The maximum absolute atomic E-state index is 9.73. The van der Waals surface area contributed by atoms with Crippen LogP contribution in [0, 0.1) is 0 Å². The Balaban J connectivity index is 2.06. The molecule has 3 aromatic heterocycles. The summed E-state index contributed by atoms with van der Waals surface area (Å²) in [6.45, 7) is 0. The lowest BCUT2D eigenvalue weighted by molar-refractivity contribution is 0.474. The fraction of sp³-hybridized carbons (Fsp3) is 0. The van der Waals surface area contributed by atoms with Gasteiger partial charge in [0.25, 0.3) is 0 Å². The Bertz CT molecular complexity index is 664. The van der Waals surface area contributed by atoms with Crippen LogP contribution < -0.4 is 0 Å². The highest BCUT2D eigenvalue weighted by Gasteiger charge is 2.11. The van der Waals surface area contributed by atoms with Crippen LogP contribution in [0.1, 0.15) is 0 Å². The highest BCUT2D eigenvalue weighted by molar-refractivity contribution is 5.70. The number of aromatic amines is 1. The molecule has 0 bridgehead atoms. The van der Waals surface area contributed by atoms with Gasteiger partial charge in [0.05, 0.1) is 29.8 Å². The number of nitrogens with zero attached hydrogens (tertiary/aromatic N) is 3. The topological polar surface area (TPSA) is 94.9 Å². The number of hydrogen-bond donors (Lipinski definition) is 3. The van der Waals surface area contributed by atoms with Crippen molar-refractivity contribution >= 4 is 0 Å². The molecule has 3 rings (SSSR count). The van der Waals surface area contributed by atoms with E-state index in [2.05, 4.69) is 19.9 Å². The minimum absolute atomic E-state index is 0.0438. The Morgan fingerprint density at radius 2 is 1.47 bits per heavy atom. The lowest BCUT2D eigenvalue weighted by Gasteiger charge is -2.01. The van der Waals surface area contributed by atoms with Crippen molar-refractivity contribution in [3.63, 3.8) is 0 Å². The van der Waals surface area contributed by atoms with E-state index in [0.717, 1.165) is 0 Å². The van der Waals surface area contributed by atoms with Crippen molar-refractivity contribution in [3.8, 4) is 34.1 Å². The summed E-state index contributed by atoms with van der Waals surface area (Å²) >= 11 is 0. The van der Waals surface area contributed by atoms with Gasteiger partial charge in [0.2, 0.25) is 0 Å². The number of aromatic hydroxyl groups is 2. The lowest BCUT2D eigenvalue weighted by Crippen LogP contribution is -1.84. The molecule has 6 heteroatoms. The van der Waals surface area contributed by atoms with Gasteiger partial charge in [-0.25, -0.2) is 4.98 Å². The van der Waals surface area contributed by atoms with Gasteiger partial charge < -0.3 is 15.2 Å². The van der Waals surface area contributed by atoms with E-state index in [1.165, 1.54) is 12.4 Å². The van der Waals surface area contributed by atoms with Gasteiger partial charge in [0.1, 0.15) is 17.3 Å². The predicted octanol–water partition coefficient (Wildman–Crippen LogP) is 1.94. The maximum atomic E-state index is 9.73. The van der Waals surface area contributed by atoms with Gasteiger partial charge in [-0.2, -0.15) is 0 Å². The fourth-order valence-electron chi connectivity index (χ4n) is 1.80. The van der Waals surface area contributed by atoms with E-state index in [9.17, 15) is 10.2 Å². The summed E-state index contributed by atoms with van der Waals surface area (Å²) in [5, 5.41) is 19.4. The number of aromatic nitrogens is 4. The number of H-pyrrole nitrogens is 1. The van der Waals surface area contributed by atoms with Crippen LogP contribution in [-0.4, -0.2) is 30.1 Å². The molecule has 0 aliphatic rings. The molecule has 0 radical (unpaired) electrons. The number of rotatable bonds is 2. The minimum Gasteiger partial charge on any atom is -0.506 e. The Morgan fingerprint density at radius 3 is 2.11 bits per heavy atom. The number of hydrogen-bond acceptors (Lipinski definition) is 5.